The van der Waals surface area contributed by atoms with Crippen LogP contribution in [0.25, 0.3) is 0 Å². The third kappa shape index (κ3) is 0.469. The highest BCUT2D eigenvalue weighted by Gasteiger charge is 2.33. The SMILES string of the molecule is C1[NH2+]C2CNC1C2. The molecule has 2 nitrogen and oxygen atoms in total. The number of fused-ring (bicyclic) bond motifs is 2. The maximum Gasteiger partial charge on any atom is 0.100 e. The van der Waals surface area contributed by atoms with E-state index in [-0.39, 0.29) is 0 Å². The minimum atomic E-state index is 0.866. The van der Waals surface area contributed by atoms with Gasteiger partial charge in [-0.05, 0) is 0 Å². The summed E-state index contributed by atoms with van der Waals surface area (Å²) in [7, 11) is 0. The summed E-state index contributed by atoms with van der Waals surface area (Å²) in [4.78, 5) is 0. The second-order valence-electron chi connectivity index (χ2n) is 2.57. The normalized spacial score (nSPS) is 48.0. The summed E-state index contributed by atoms with van der Waals surface area (Å²) in [5, 5.41) is 5.87. The Kier molecular flexibility index (Phi) is 0.664. The molecule has 0 radical (unpaired) electrons. The van der Waals surface area contributed by atoms with Crippen molar-refractivity contribution in [3.63, 3.8) is 0 Å². The standard InChI is InChI=1S/C5H10N2/c1-4-2-6-5(1)3-7-4/h4-7H,1-3H2/p+1. The predicted octanol–water partition coefficient (Wildman–Crippen LogP) is -1.71. The van der Waals surface area contributed by atoms with Crippen LogP contribution >= 0.6 is 0 Å². The average Bonchev–Trinajstić information content (AvgIpc) is 2.22. The van der Waals surface area contributed by atoms with Gasteiger partial charge in [0.1, 0.15) is 6.04 Å². The van der Waals surface area contributed by atoms with Gasteiger partial charge in [0.05, 0.1) is 12.6 Å². The molecule has 2 saturated heterocycles. The molecule has 0 saturated carbocycles. The van der Waals surface area contributed by atoms with Crippen molar-refractivity contribution in [1.82, 2.24) is 5.32 Å². The molecule has 0 aromatic heterocycles. The maximum absolute atomic E-state index is 3.42. The third-order valence-electron chi connectivity index (χ3n) is 2.01. The van der Waals surface area contributed by atoms with Crippen molar-refractivity contribution >= 4 is 0 Å². The van der Waals surface area contributed by atoms with Crippen molar-refractivity contribution < 1.29 is 5.32 Å². The fraction of sp³-hybridized carbons (Fsp3) is 1.00. The zero-order chi connectivity index (χ0) is 4.69. The molecule has 2 rings (SSSR count). The van der Waals surface area contributed by atoms with Gasteiger partial charge in [0.25, 0.3) is 0 Å². The lowest BCUT2D eigenvalue weighted by Crippen LogP contribution is -2.90. The highest BCUT2D eigenvalue weighted by molar-refractivity contribution is 4.83. The van der Waals surface area contributed by atoms with Gasteiger partial charge in [-0.15, -0.1) is 0 Å². The second kappa shape index (κ2) is 1.20. The minimum Gasteiger partial charge on any atom is -0.341 e. The molecule has 2 atom stereocenters. The Labute approximate surface area is 43.3 Å². The van der Waals surface area contributed by atoms with Crippen LogP contribution in [-0.2, 0) is 0 Å². The van der Waals surface area contributed by atoms with Crippen molar-refractivity contribution in [1.29, 1.82) is 0 Å². The smallest absolute Gasteiger partial charge is 0.100 e. The number of piperazine rings is 1. The number of hydrogen-bond donors (Lipinski definition) is 2. The van der Waals surface area contributed by atoms with Gasteiger partial charge in [-0.1, -0.05) is 0 Å². The first-order valence-electron chi connectivity index (χ1n) is 3.02. The Balaban J connectivity index is 2.12. The lowest BCUT2D eigenvalue weighted by atomic mass is 10.3. The van der Waals surface area contributed by atoms with Crippen LogP contribution in [0.2, 0.25) is 0 Å². The Bertz CT molecular complexity index is 64.1. The van der Waals surface area contributed by atoms with Gasteiger partial charge in [-0.25, -0.2) is 0 Å². The summed E-state index contributed by atoms with van der Waals surface area (Å²) in [5.41, 5.74) is 0. The van der Waals surface area contributed by atoms with Gasteiger partial charge in [0, 0.05) is 13.0 Å². The Morgan fingerprint density at radius 2 is 2.57 bits per heavy atom. The van der Waals surface area contributed by atoms with Crippen LogP contribution in [0.5, 0.6) is 0 Å². The molecule has 2 aliphatic rings. The van der Waals surface area contributed by atoms with Crippen LogP contribution in [0, 0.1) is 0 Å². The predicted molar refractivity (Wildman–Crippen MR) is 27.0 cm³/mol. The van der Waals surface area contributed by atoms with Crippen molar-refractivity contribution in [3.8, 4) is 0 Å². The average molecular weight is 99.2 g/mol. The van der Waals surface area contributed by atoms with E-state index in [1.165, 1.54) is 19.5 Å². The molecule has 0 spiro atoms. The highest BCUT2D eigenvalue weighted by Crippen LogP contribution is 2.05. The maximum atomic E-state index is 3.42. The molecule has 0 aromatic rings. The summed E-state index contributed by atoms with van der Waals surface area (Å²) >= 11 is 0. The molecular formula is C5H11N2+. The minimum absolute atomic E-state index is 0.866. The number of hydrogen-bond acceptors (Lipinski definition) is 1. The van der Waals surface area contributed by atoms with Crippen LogP contribution in [0.4, 0.5) is 0 Å². The monoisotopic (exact) mass is 99.1 g/mol. The summed E-state index contributed by atoms with van der Waals surface area (Å²) in [6, 6.07) is 1.80. The van der Waals surface area contributed by atoms with Gasteiger partial charge < -0.3 is 10.6 Å². The molecule has 2 heteroatoms. The first-order chi connectivity index (χ1) is 3.45. The summed E-state index contributed by atoms with van der Waals surface area (Å²) in [5.74, 6) is 0. The molecule has 7 heavy (non-hydrogen) atoms. The van der Waals surface area contributed by atoms with E-state index in [1.54, 1.807) is 0 Å². The molecule has 2 fully saturated rings. The van der Waals surface area contributed by atoms with E-state index in [2.05, 4.69) is 10.6 Å². The van der Waals surface area contributed by atoms with E-state index >= 15 is 0 Å². The lowest BCUT2D eigenvalue weighted by Gasteiger charge is -2.07. The zero-order valence-electron chi connectivity index (χ0n) is 4.35. The third-order valence-corrected chi connectivity index (χ3v) is 2.01. The Hall–Kier alpha value is -0.0800. The molecule has 2 unspecified atom stereocenters. The summed E-state index contributed by atoms with van der Waals surface area (Å²) in [6.07, 6.45) is 1.42. The first-order valence-corrected chi connectivity index (χ1v) is 3.02. The van der Waals surface area contributed by atoms with E-state index < -0.39 is 0 Å². The molecule has 0 aliphatic carbocycles. The molecule has 2 bridgehead atoms. The van der Waals surface area contributed by atoms with Crippen molar-refractivity contribution in [2.45, 2.75) is 18.5 Å². The topological polar surface area (TPSA) is 28.6 Å². The second-order valence-corrected chi connectivity index (χ2v) is 2.57. The van der Waals surface area contributed by atoms with Crippen LogP contribution in [-0.4, -0.2) is 25.2 Å². The van der Waals surface area contributed by atoms with E-state index in [4.69, 9.17) is 0 Å². The number of quaternary nitrogens is 1. The molecule has 2 aliphatic heterocycles. The molecule has 2 heterocycles. The van der Waals surface area contributed by atoms with E-state index in [0.717, 1.165) is 12.1 Å². The molecule has 40 valence electrons. The highest BCUT2D eigenvalue weighted by atomic mass is 15.1. The van der Waals surface area contributed by atoms with Gasteiger partial charge in [0.2, 0.25) is 0 Å². The fourth-order valence-corrected chi connectivity index (χ4v) is 1.57. The molecule has 0 aromatic carbocycles. The van der Waals surface area contributed by atoms with Crippen LogP contribution in [0.3, 0.4) is 0 Å². The first kappa shape index (κ1) is 3.87. The number of nitrogens with two attached hydrogens (primary N) is 1. The van der Waals surface area contributed by atoms with Crippen LogP contribution in [0.15, 0.2) is 0 Å². The molecule has 3 N–H and O–H groups in total. The van der Waals surface area contributed by atoms with Gasteiger partial charge in [-0.2, -0.15) is 0 Å². The number of nitrogens with one attached hydrogen (secondary N) is 1. The summed E-state index contributed by atoms with van der Waals surface area (Å²) in [6.45, 7) is 2.58. The number of rotatable bonds is 0. The molecular weight excluding hydrogens is 88.1 g/mol. The van der Waals surface area contributed by atoms with Gasteiger partial charge in [-0.3, -0.25) is 0 Å². The molecule has 0 amide bonds. The van der Waals surface area contributed by atoms with Gasteiger partial charge in [0.15, 0.2) is 0 Å². The Morgan fingerprint density at radius 3 is 2.71 bits per heavy atom. The van der Waals surface area contributed by atoms with Crippen molar-refractivity contribution in [2.75, 3.05) is 13.1 Å². The zero-order valence-corrected chi connectivity index (χ0v) is 4.35. The van der Waals surface area contributed by atoms with Crippen LogP contribution in [0.1, 0.15) is 6.42 Å². The van der Waals surface area contributed by atoms with Crippen molar-refractivity contribution in [2.24, 2.45) is 0 Å². The fourth-order valence-electron chi connectivity index (χ4n) is 1.57. The van der Waals surface area contributed by atoms with Crippen molar-refractivity contribution in [3.05, 3.63) is 0 Å². The largest absolute Gasteiger partial charge is 0.341 e. The quantitative estimate of drug-likeness (QED) is 0.372. The van der Waals surface area contributed by atoms with Gasteiger partial charge >= 0.3 is 0 Å². The van der Waals surface area contributed by atoms with E-state index in [1.807, 2.05) is 0 Å². The Morgan fingerprint density at radius 1 is 1.57 bits per heavy atom. The lowest BCUT2D eigenvalue weighted by molar-refractivity contribution is -0.673. The summed E-state index contributed by atoms with van der Waals surface area (Å²) < 4.78 is 0. The van der Waals surface area contributed by atoms with E-state index in [0.29, 0.717) is 0 Å². The van der Waals surface area contributed by atoms with E-state index in [9.17, 15) is 0 Å². The van der Waals surface area contributed by atoms with Crippen LogP contribution < -0.4 is 10.6 Å².